The molecule has 14 nitrogen and oxygen atoms in total. The summed E-state index contributed by atoms with van der Waals surface area (Å²) in [5.74, 6) is -0.550. The zero-order chi connectivity index (χ0) is 43.9. The van der Waals surface area contributed by atoms with Crippen molar-refractivity contribution in [1.82, 2.24) is 9.97 Å². The van der Waals surface area contributed by atoms with Gasteiger partial charge in [0.15, 0.2) is 0 Å². The van der Waals surface area contributed by atoms with Gasteiger partial charge in [-0.05, 0) is 74.5 Å². The van der Waals surface area contributed by atoms with Crippen molar-refractivity contribution in [3.8, 4) is 21.1 Å². The van der Waals surface area contributed by atoms with Gasteiger partial charge in [0.05, 0.1) is 57.8 Å². The highest BCUT2D eigenvalue weighted by Crippen LogP contribution is 2.45. The van der Waals surface area contributed by atoms with E-state index >= 15 is 0 Å². The first-order chi connectivity index (χ1) is 30.4. The van der Waals surface area contributed by atoms with Gasteiger partial charge in [-0.2, -0.15) is 0 Å². The van der Waals surface area contributed by atoms with Crippen LogP contribution in [0.25, 0.3) is 21.1 Å². The molecule has 8 aromatic rings. The third kappa shape index (κ3) is 7.96. The molecule has 0 spiro atoms. The molecule has 2 atom stereocenters. The normalized spacial score (nSPS) is 15.6. The Morgan fingerprint density at radius 1 is 0.619 bits per heavy atom. The van der Waals surface area contributed by atoms with Crippen molar-refractivity contribution < 1.29 is 19.4 Å². The van der Waals surface area contributed by atoms with Gasteiger partial charge in [0.25, 0.3) is 23.2 Å². The molecule has 1 N–H and O–H groups in total. The summed E-state index contributed by atoms with van der Waals surface area (Å²) in [5.41, 5.74) is 4.90. The summed E-state index contributed by atoms with van der Waals surface area (Å²) in [7, 11) is 1.91. The van der Waals surface area contributed by atoms with Gasteiger partial charge >= 0.3 is 0 Å². The highest BCUT2D eigenvalue weighted by molar-refractivity contribution is 7.16. The SMILES string of the molecule is Cc1nc(-c2ccc(C3N(C)c4ccc([N+](=O)[O-])cc4C(=O)N3c3ccccc3)s2)cs1.Cc1nc(-c2ccc(C3Nc4ccc([N+](=O)[O-])cc4C(=O)N3c3ccccc3)s2)cs1. The molecule has 0 aliphatic carbocycles. The van der Waals surface area contributed by atoms with Crippen LogP contribution in [0, 0.1) is 34.1 Å². The minimum atomic E-state index is -0.492. The number of aryl methyl sites for hydroxylation is 2. The molecule has 2 aliphatic heterocycles. The molecule has 2 amide bonds. The number of aromatic nitrogens is 2. The molecule has 314 valence electrons. The number of benzene rings is 4. The highest BCUT2D eigenvalue weighted by atomic mass is 32.1. The number of thiazole rings is 2. The van der Waals surface area contributed by atoms with Gasteiger partial charge in [0.1, 0.15) is 12.3 Å². The molecule has 0 radical (unpaired) electrons. The predicted octanol–water partition coefficient (Wildman–Crippen LogP) is 11.7. The van der Waals surface area contributed by atoms with Gasteiger partial charge in [-0.25, -0.2) is 9.97 Å². The van der Waals surface area contributed by atoms with Crippen LogP contribution < -0.4 is 20.0 Å². The van der Waals surface area contributed by atoms with E-state index < -0.39 is 22.2 Å². The lowest BCUT2D eigenvalue weighted by atomic mass is 10.0. The molecule has 10 rings (SSSR count). The molecule has 2 aliphatic rings. The third-order valence-electron chi connectivity index (χ3n) is 10.4. The minimum absolute atomic E-state index is 0.103. The average Bonchev–Trinajstić information content (AvgIpc) is 4.14. The third-order valence-corrected chi connectivity index (χ3v) is 14.3. The molecule has 0 fully saturated rings. The van der Waals surface area contributed by atoms with Crippen LogP contribution in [0.15, 0.2) is 132 Å². The number of fused-ring (bicyclic) bond motifs is 2. The monoisotopic (exact) mass is 910 g/mol. The first-order valence-electron chi connectivity index (χ1n) is 19.3. The second-order valence-corrected chi connectivity index (χ2v) is 18.8. The summed E-state index contributed by atoms with van der Waals surface area (Å²) in [4.78, 5) is 67.2. The summed E-state index contributed by atoms with van der Waals surface area (Å²) < 4.78 is 0. The Labute approximate surface area is 376 Å². The van der Waals surface area contributed by atoms with E-state index in [0.29, 0.717) is 22.6 Å². The number of rotatable bonds is 8. The van der Waals surface area contributed by atoms with Gasteiger partial charge < -0.3 is 10.2 Å². The van der Waals surface area contributed by atoms with E-state index in [1.165, 1.54) is 24.3 Å². The maximum Gasteiger partial charge on any atom is 0.270 e. The van der Waals surface area contributed by atoms with Crippen molar-refractivity contribution in [2.75, 3.05) is 27.1 Å². The topological polar surface area (TPSA) is 168 Å². The van der Waals surface area contributed by atoms with Crippen molar-refractivity contribution in [3.63, 3.8) is 0 Å². The second kappa shape index (κ2) is 17.0. The Bertz CT molecular complexity index is 3040. The minimum Gasteiger partial charge on any atom is -0.360 e. The number of non-ortho nitro benzene ring substituents is 2. The van der Waals surface area contributed by atoms with Crippen LogP contribution in [0.3, 0.4) is 0 Å². The zero-order valence-corrected chi connectivity index (χ0v) is 36.8. The Morgan fingerprint density at radius 3 is 1.68 bits per heavy atom. The summed E-state index contributed by atoms with van der Waals surface area (Å²) in [6, 6.07) is 35.5. The Hall–Kier alpha value is -7.12. The van der Waals surface area contributed by atoms with Crippen molar-refractivity contribution in [1.29, 1.82) is 0 Å². The van der Waals surface area contributed by atoms with Crippen LogP contribution in [0.4, 0.5) is 34.1 Å². The van der Waals surface area contributed by atoms with E-state index in [1.54, 1.807) is 67.3 Å². The largest absolute Gasteiger partial charge is 0.360 e. The first kappa shape index (κ1) is 41.2. The fraction of sp³-hybridized carbons (Fsp3) is 0.111. The van der Waals surface area contributed by atoms with Crippen molar-refractivity contribution in [3.05, 3.63) is 183 Å². The summed E-state index contributed by atoms with van der Waals surface area (Å²) >= 11 is 6.36. The number of carbonyl (C=O) groups excluding carboxylic acids is 2. The second-order valence-electron chi connectivity index (χ2n) is 14.4. The zero-order valence-electron chi connectivity index (χ0n) is 33.6. The van der Waals surface area contributed by atoms with Crippen LogP contribution in [-0.2, 0) is 0 Å². The standard InChI is InChI=1S/C23H18N4O3S2.C22H16N4O3S2/c1-14-24-18(13-31-14)20-10-11-21(32-20)22-25(2)19-9-8-16(27(29)30)12-17(19)23(28)26(22)15-6-4-3-5-7-15;1-13-23-18(12-30-13)19-9-10-20(31-19)21-24-17-8-7-15(26(28)29)11-16(17)22(27)25(21)14-5-3-2-4-6-14/h3-13,22H,1-2H3;2-12,21,24H,1H3. The van der Waals surface area contributed by atoms with E-state index in [0.717, 1.165) is 46.6 Å². The Kier molecular flexibility index (Phi) is 11.1. The van der Waals surface area contributed by atoms with Gasteiger partial charge in [0, 0.05) is 68.9 Å². The van der Waals surface area contributed by atoms with E-state index in [-0.39, 0.29) is 28.8 Å². The van der Waals surface area contributed by atoms with Crippen molar-refractivity contribution in [2.45, 2.75) is 26.2 Å². The predicted molar refractivity (Wildman–Crippen MR) is 251 cm³/mol. The molecule has 0 saturated heterocycles. The molecule has 4 aromatic carbocycles. The van der Waals surface area contributed by atoms with Crippen LogP contribution in [0.5, 0.6) is 0 Å². The van der Waals surface area contributed by atoms with Crippen LogP contribution >= 0.6 is 45.3 Å². The summed E-state index contributed by atoms with van der Waals surface area (Å²) in [5, 5.41) is 32.0. The van der Waals surface area contributed by atoms with E-state index in [9.17, 15) is 29.8 Å². The highest BCUT2D eigenvalue weighted by Gasteiger charge is 2.40. The fourth-order valence-electron chi connectivity index (χ4n) is 7.51. The van der Waals surface area contributed by atoms with Crippen LogP contribution in [-0.4, -0.2) is 38.7 Å². The number of hydrogen-bond donors (Lipinski definition) is 1. The number of anilines is 4. The van der Waals surface area contributed by atoms with Gasteiger partial charge in [0.2, 0.25) is 0 Å². The average molecular weight is 911 g/mol. The number of amides is 2. The number of hydrogen-bond acceptors (Lipinski definition) is 14. The number of nitro groups is 2. The summed E-state index contributed by atoms with van der Waals surface area (Å²) in [6.45, 7) is 3.95. The number of nitrogens with zero attached hydrogens (tertiary/aromatic N) is 7. The van der Waals surface area contributed by atoms with E-state index in [2.05, 4.69) is 15.3 Å². The molecule has 6 heterocycles. The van der Waals surface area contributed by atoms with Crippen LogP contribution in [0.2, 0.25) is 0 Å². The lowest BCUT2D eigenvalue weighted by Gasteiger charge is -2.43. The van der Waals surface area contributed by atoms with E-state index in [1.807, 2.05) is 121 Å². The first-order valence-corrected chi connectivity index (χ1v) is 22.7. The molecule has 0 bridgehead atoms. The van der Waals surface area contributed by atoms with Gasteiger partial charge in [-0.15, -0.1) is 45.3 Å². The number of para-hydroxylation sites is 2. The molecule has 2 unspecified atom stereocenters. The smallest absolute Gasteiger partial charge is 0.270 e. The number of carbonyl (C=O) groups is 2. The van der Waals surface area contributed by atoms with Crippen LogP contribution in [0.1, 0.15) is 52.8 Å². The summed E-state index contributed by atoms with van der Waals surface area (Å²) in [6.07, 6.45) is -0.834. The maximum absolute atomic E-state index is 13.7. The molecule has 63 heavy (non-hydrogen) atoms. The van der Waals surface area contributed by atoms with Gasteiger partial charge in [-0.1, -0.05) is 36.4 Å². The van der Waals surface area contributed by atoms with Crippen molar-refractivity contribution >= 4 is 91.3 Å². The number of nitro benzene ring substituents is 2. The molecular formula is C45H34N8O6S4. The van der Waals surface area contributed by atoms with Crippen molar-refractivity contribution in [2.24, 2.45) is 0 Å². The lowest BCUT2D eigenvalue weighted by Crippen LogP contribution is -2.48. The fourth-order valence-corrected chi connectivity index (χ4v) is 11.0. The molecule has 0 saturated carbocycles. The lowest BCUT2D eigenvalue weighted by molar-refractivity contribution is -0.385. The number of thiophene rings is 2. The Morgan fingerprint density at radius 2 is 1.13 bits per heavy atom. The Balaban J connectivity index is 0.000000160. The maximum atomic E-state index is 13.7. The molecule has 4 aromatic heterocycles. The quantitative estimate of drug-likeness (QED) is 0.114. The molecular weight excluding hydrogens is 877 g/mol. The van der Waals surface area contributed by atoms with Gasteiger partial charge in [-0.3, -0.25) is 39.6 Å². The van der Waals surface area contributed by atoms with E-state index in [4.69, 9.17) is 0 Å². The number of nitrogens with one attached hydrogen (secondary N) is 1. The molecule has 18 heteroatoms.